The highest BCUT2D eigenvalue weighted by molar-refractivity contribution is 5.74. The highest BCUT2D eigenvalue weighted by atomic mass is 16.5. The monoisotopic (exact) mass is 343 g/mol. The molecule has 2 rings (SSSR count). The van der Waals surface area contributed by atoms with Gasteiger partial charge in [-0.05, 0) is 43.2 Å². The summed E-state index contributed by atoms with van der Waals surface area (Å²) in [6, 6.07) is 10.5. The molecule has 2 aromatic rings. The average Bonchev–Trinajstić information content (AvgIpc) is 2.60. The molecule has 0 saturated heterocycles. The Morgan fingerprint density at radius 1 is 1.20 bits per heavy atom. The molecule has 7 heteroatoms. The van der Waals surface area contributed by atoms with Crippen molar-refractivity contribution in [2.45, 2.75) is 25.8 Å². The Kier molecular flexibility index (Phi) is 6.76. The second kappa shape index (κ2) is 9.27. The molecule has 0 radical (unpaired) electrons. The number of hydrogen-bond donors (Lipinski definition) is 3. The van der Waals surface area contributed by atoms with Crippen molar-refractivity contribution in [3.8, 4) is 11.5 Å². The lowest BCUT2D eigenvalue weighted by molar-refractivity contribution is -0.137. The summed E-state index contributed by atoms with van der Waals surface area (Å²) in [5, 5.41) is 14.0. The number of carboxylic acids is 1. The highest BCUT2D eigenvalue weighted by Crippen LogP contribution is 2.22. The van der Waals surface area contributed by atoms with Gasteiger partial charge in [-0.1, -0.05) is 12.1 Å². The SMILES string of the molecule is CC(NC(=O)NCCCC(=O)O)c1ccc(Oc2cccnc2)cc1. The zero-order chi connectivity index (χ0) is 18.1. The molecule has 132 valence electrons. The minimum Gasteiger partial charge on any atom is -0.481 e. The fourth-order valence-corrected chi connectivity index (χ4v) is 2.14. The van der Waals surface area contributed by atoms with E-state index in [1.807, 2.05) is 37.3 Å². The zero-order valence-electron chi connectivity index (χ0n) is 13.9. The molecule has 3 N–H and O–H groups in total. The van der Waals surface area contributed by atoms with Gasteiger partial charge < -0.3 is 20.5 Å². The van der Waals surface area contributed by atoms with Gasteiger partial charge in [-0.2, -0.15) is 0 Å². The number of pyridine rings is 1. The lowest BCUT2D eigenvalue weighted by Crippen LogP contribution is -2.37. The van der Waals surface area contributed by atoms with Crippen molar-refractivity contribution in [2.24, 2.45) is 0 Å². The molecular formula is C18H21N3O4. The van der Waals surface area contributed by atoms with Gasteiger partial charge in [0.15, 0.2) is 0 Å². The number of carboxylic acid groups (broad SMARTS) is 1. The van der Waals surface area contributed by atoms with Crippen LogP contribution in [0.2, 0.25) is 0 Å². The van der Waals surface area contributed by atoms with Crippen LogP contribution in [0.4, 0.5) is 4.79 Å². The summed E-state index contributed by atoms with van der Waals surface area (Å²) in [6.45, 7) is 2.19. The van der Waals surface area contributed by atoms with Gasteiger partial charge in [-0.3, -0.25) is 9.78 Å². The molecule has 0 aliphatic heterocycles. The van der Waals surface area contributed by atoms with Crippen LogP contribution in [0.25, 0.3) is 0 Å². The van der Waals surface area contributed by atoms with Gasteiger partial charge in [0.1, 0.15) is 11.5 Å². The van der Waals surface area contributed by atoms with Crippen LogP contribution in [0.15, 0.2) is 48.8 Å². The van der Waals surface area contributed by atoms with E-state index in [9.17, 15) is 9.59 Å². The van der Waals surface area contributed by atoms with Gasteiger partial charge in [-0.15, -0.1) is 0 Å². The Bertz CT molecular complexity index is 689. The van der Waals surface area contributed by atoms with Gasteiger partial charge >= 0.3 is 12.0 Å². The number of benzene rings is 1. The maximum absolute atomic E-state index is 11.8. The molecule has 1 aromatic carbocycles. The van der Waals surface area contributed by atoms with Crippen molar-refractivity contribution in [1.29, 1.82) is 0 Å². The van der Waals surface area contributed by atoms with Crippen molar-refractivity contribution < 1.29 is 19.4 Å². The zero-order valence-corrected chi connectivity index (χ0v) is 13.9. The molecular weight excluding hydrogens is 322 g/mol. The molecule has 1 atom stereocenters. The lowest BCUT2D eigenvalue weighted by Gasteiger charge is -2.15. The Balaban J connectivity index is 1.80. The van der Waals surface area contributed by atoms with Crippen LogP contribution in [-0.2, 0) is 4.79 Å². The number of ether oxygens (including phenoxy) is 1. The van der Waals surface area contributed by atoms with Crippen molar-refractivity contribution in [2.75, 3.05) is 6.54 Å². The van der Waals surface area contributed by atoms with E-state index in [1.54, 1.807) is 18.5 Å². The lowest BCUT2D eigenvalue weighted by atomic mass is 10.1. The van der Waals surface area contributed by atoms with Crippen LogP contribution in [0.5, 0.6) is 11.5 Å². The predicted molar refractivity (Wildman–Crippen MR) is 92.6 cm³/mol. The number of carbonyl (C=O) groups excluding carboxylic acids is 1. The van der Waals surface area contributed by atoms with Crippen LogP contribution in [0.3, 0.4) is 0 Å². The van der Waals surface area contributed by atoms with Crippen LogP contribution >= 0.6 is 0 Å². The van der Waals surface area contributed by atoms with Crippen LogP contribution in [0.1, 0.15) is 31.4 Å². The van der Waals surface area contributed by atoms with Gasteiger partial charge in [0.05, 0.1) is 12.2 Å². The average molecular weight is 343 g/mol. The Hall–Kier alpha value is -3.09. The molecule has 0 spiro atoms. The van der Waals surface area contributed by atoms with Crippen LogP contribution in [-0.4, -0.2) is 28.6 Å². The molecule has 1 aromatic heterocycles. The molecule has 0 saturated carbocycles. The quantitative estimate of drug-likeness (QED) is 0.640. The summed E-state index contributed by atoms with van der Waals surface area (Å²) in [7, 11) is 0. The van der Waals surface area contributed by atoms with Gasteiger partial charge in [0.2, 0.25) is 0 Å². The number of aromatic nitrogens is 1. The Morgan fingerprint density at radius 3 is 2.60 bits per heavy atom. The van der Waals surface area contributed by atoms with Crippen molar-refractivity contribution in [1.82, 2.24) is 15.6 Å². The second-order valence-electron chi connectivity index (χ2n) is 5.48. The first-order valence-electron chi connectivity index (χ1n) is 7.98. The summed E-state index contributed by atoms with van der Waals surface area (Å²) in [5.41, 5.74) is 0.930. The van der Waals surface area contributed by atoms with E-state index < -0.39 is 5.97 Å². The van der Waals surface area contributed by atoms with E-state index in [2.05, 4.69) is 15.6 Å². The maximum atomic E-state index is 11.8. The highest BCUT2D eigenvalue weighted by Gasteiger charge is 2.09. The number of aliphatic carboxylic acids is 1. The van der Waals surface area contributed by atoms with Crippen molar-refractivity contribution >= 4 is 12.0 Å². The number of rotatable bonds is 8. The molecule has 25 heavy (non-hydrogen) atoms. The van der Waals surface area contributed by atoms with E-state index in [-0.39, 0.29) is 18.5 Å². The largest absolute Gasteiger partial charge is 0.481 e. The molecule has 0 aliphatic carbocycles. The number of nitrogens with one attached hydrogen (secondary N) is 2. The molecule has 2 amide bonds. The normalized spacial score (nSPS) is 11.4. The van der Waals surface area contributed by atoms with E-state index in [1.165, 1.54) is 0 Å². The molecule has 7 nitrogen and oxygen atoms in total. The van der Waals surface area contributed by atoms with Gasteiger partial charge in [0.25, 0.3) is 0 Å². The third-order valence-corrected chi connectivity index (χ3v) is 3.45. The Morgan fingerprint density at radius 2 is 1.96 bits per heavy atom. The number of nitrogens with zero attached hydrogens (tertiary/aromatic N) is 1. The van der Waals surface area contributed by atoms with E-state index in [0.29, 0.717) is 24.5 Å². The predicted octanol–water partition coefficient (Wildman–Crippen LogP) is 3.10. The molecule has 0 fully saturated rings. The standard InChI is InChI=1S/C18H21N3O4/c1-13(21-18(24)20-11-3-5-17(22)23)14-6-8-15(9-7-14)25-16-4-2-10-19-12-16/h2,4,6-10,12-13H,3,5,11H2,1H3,(H,22,23)(H2,20,21,24). The molecule has 1 unspecified atom stereocenters. The minimum atomic E-state index is -0.871. The molecule has 0 bridgehead atoms. The number of amides is 2. The first kappa shape index (κ1) is 18.3. The third-order valence-electron chi connectivity index (χ3n) is 3.45. The fraction of sp³-hybridized carbons (Fsp3) is 0.278. The third kappa shape index (κ3) is 6.50. The fourth-order valence-electron chi connectivity index (χ4n) is 2.14. The summed E-state index contributed by atoms with van der Waals surface area (Å²) in [4.78, 5) is 26.2. The van der Waals surface area contributed by atoms with E-state index >= 15 is 0 Å². The van der Waals surface area contributed by atoms with Gasteiger partial charge in [0, 0.05) is 19.2 Å². The summed E-state index contributed by atoms with van der Waals surface area (Å²) in [6.07, 6.45) is 3.74. The number of hydrogen-bond acceptors (Lipinski definition) is 4. The van der Waals surface area contributed by atoms with Crippen molar-refractivity contribution in [3.05, 3.63) is 54.4 Å². The van der Waals surface area contributed by atoms with Crippen LogP contribution < -0.4 is 15.4 Å². The number of urea groups is 1. The smallest absolute Gasteiger partial charge is 0.315 e. The van der Waals surface area contributed by atoms with Gasteiger partial charge in [-0.25, -0.2) is 4.79 Å². The maximum Gasteiger partial charge on any atom is 0.315 e. The second-order valence-corrected chi connectivity index (χ2v) is 5.48. The Labute approximate surface area is 146 Å². The number of carbonyl (C=O) groups is 2. The van der Waals surface area contributed by atoms with Crippen LogP contribution in [0, 0.1) is 0 Å². The minimum absolute atomic E-state index is 0.0359. The summed E-state index contributed by atoms with van der Waals surface area (Å²) >= 11 is 0. The van der Waals surface area contributed by atoms with E-state index in [0.717, 1.165) is 5.56 Å². The molecule has 1 heterocycles. The summed E-state index contributed by atoms with van der Waals surface area (Å²) in [5.74, 6) is 0.466. The topological polar surface area (TPSA) is 101 Å². The summed E-state index contributed by atoms with van der Waals surface area (Å²) < 4.78 is 5.67. The first-order chi connectivity index (χ1) is 12.0. The molecule has 0 aliphatic rings. The van der Waals surface area contributed by atoms with E-state index in [4.69, 9.17) is 9.84 Å². The first-order valence-corrected chi connectivity index (χ1v) is 7.98. The van der Waals surface area contributed by atoms with Crippen molar-refractivity contribution in [3.63, 3.8) is 0 Å².